The Morgan fingerprint density at radius 1 is 1.38 bits per heavy atom. The number of carbonyl (C=O) groups excluding carboxylic acids is 1. The Kier molecular flexibility index (Phi) is 4.58. The van der Waals surface area contributed by atoms with Crippen LogP contribution in [-0.2, 0) is 7.05 Å². The molecule has 26 heavy (non-hydrogen) atoms. The minimum Gasteiger partial charge on any atom is -0.346 e. The van der Waals surface area contributed by atoms with Crippen LogP contribution in [0.5, 0.6) is 0 Å². The molecule has 1 aliphatic rings. The molecule has 1 N–H and O–H groups in total. The maximum atomic E-state index is 12.4. The third kappa shape index (κ3) is 3.29. The zero-order valence-corrected chi connectivity index (χ0v) is 16.3. The summed E-state index contributed by atoms with van der Waals surface area (Å²) in [7, 11) is 1.80. The first-order chi connectivity index (χ1) is 12.5. The molecule has 8 heteroatoms. The van der Waals surface area contributed by atoms with Gasteiger partial charge < -0.3 is 10.2 Å². The Morgan fingerprint density at radius 2 is 2.23 bits per heavy atom. The minimum atomic E-state index is -0.124. The Labute approximate surface area is 160 Å². The molecule has 1 aliphatic heterocycles. The molecule has 1 saturated heterocycles. The van der Waals surface area contributed by atoms with Gasteiger partial charge >= 0.3 is 0 Å². The van der Waals surface area contributed by atoms with Crippen molar-refractivity contribution in [1.29, 1.82) is 0 Å². The third-order valence-electron chi connectivity index (χ3n) is 4.66. The molecule has 136 valence electrons. The van der Waals surface area contributed by atoms with Crippen LogP contribution in [0.3, 0.4) is 0 Å². The molecule has 2 aromatic heterocycles. The molecule has 0 spiro atoms. The SMILES string of the molecule is Cc1ccc(Cl)c2sc(N3CCCC(NC(=O)c4ccn(C)n4)C3)nc12. The van der Waals surface area contributed by atoms with Crippen molar-refractivity contribution in [3.63, 3.8) is 0 Å². The monoisotopic (exact) mass is 389 g/mol. The molecule has 1 atom stereocenters. The van der Waals surface area contributed by atoms with Crippen LogP contribution >= 0.6 is 22.9 Å². The van der Waals surface area contributed by atoms with E-state index in [4.69, 9.17) is 16.6 Å². The van der Waals surface area contributed by atoms with Gasteiger partial charge in [-0.05, 0) is 37.5 Å². The van der Waals surface area contributed by atoms with Gasteiger partial charge in [0, 0.05) is 32.4 Å². The molecule has 3 aromatic rings. The van der Waals surface area contributed by atoms with Crippen LogP contribution in [0.15, 0.2) is 24.4 Å². The Bertz CT molecular complexity index is 927. The number of aromatic nitrogens is 3. The maximum absolute atomic E-state index is 12.4. The molecule has 3 heterocycles. The first kappa shape index (κ1) is 17.3. The van der Waals surface area contributed by atoms with Crippen LogP contribution in [0.2, 0.25) is 5.02 Å². The van der Waals surface area contributed by atoms with Crippen molar-refractivity contribution >= 4 is 44.2 Å². The smallest absolute Gasteiger partial charge is 0.272 e. The number of rotatable bonds is 3. The highest BCUT2D eigenvalue weighted by Gasteiger charge is 2.25. The van der Waals surface area contributed by atoms with E-state index in [0.717, 1.165) is 51.9 Å². The molecular weight excluding hydrogens is 370 g/mol. The summed E-state index contributed by atoms with van der Waals surface area (Å²) in [6, 6.07) is 5.74. The molecule has 0 aliphatic carbocycles. The molecule has 4 rings (SSSR count). The van der Waals surface area contributed by atoms with E-state index in [1.807, 2.05) is 19.1 Å². The average Bonchev–Trinajstić information content (AvgIpc) is 3.26. The zero-order valence-electron chi connectivity index (χ0n) is 14.7. The lowest BCUT2D eigenvalue weighted by Gasteiger charge is -2.32. The van der Waals surface area contributed by atoms with Gasteiger partial charge in [0.15, 0.2) is 5.13 Å². The van der Waals surface area contributed by atoms with Gasteiger partial charge in [0.1, 0.15) is 5.69 Å². The number of halogens is 1. The molecule has 1 aromatic carbocycles. The Morgan fingerprint density at radius 3 is 2.96 bits per heavy atom. The van der Waals surface area contributed by atoms with Gasteiger partial charge in [-0.3, -0.25) is 9.48 Å². The first-order valence-electron chi connectivity index (χ1n) is 8.62. The van der Waals surface area contributed by atoms with E-state index in [9.17, 15) is 4.79 Å². The lowest BCUT2D eigenvalue weighted by molar-refractivity contribution is 0.0927. The molecule has 1 unspecified atom stereocenters. The predicted molar refractivity (Wildman–Crippen MR) is 105 cm³/mol. The van der Waals surface area contributed by atoms with Crippen molar-refractivity contribution in [2.75, 3.05) is 18.0 Å². The minimum absolute atomic E-state index is 0.0850. The van der Waals surface area contributed by atoms with Crippen LogP contribution in [0.25, 0.3) is 10.2 Å². The highest BCUT2D eigenvalue weighted by atomic mass is 35.5. The number of aryl methyl sites for hydroxylation is 2. The number of benzene rings is 1. The van der Waals surface area contributed by atoms with E-state index in [0.29, 0.717) is 5.69 Å². The van der Waals surface area contributed by atoms with E-state index >= 15 is 0 Å². The number of anilines is 1. The number of nitrogens with one attached hydrogen (secondary N) is 1. The lowest BCUT2D eigenvalue weighted by Crippen LogP contribution is -2.47. The molecule has 1 fully saturated rings. The second kappa shape index (κ2) is 6.89. The average molecular weight is 390 g/mol. The molecule has 0 bridgehead atoms. The van der Waals surface area contributed by atoms with Gasteiger partial charge in [0.25, 0.3) is 5.91 Å². The third-order valence-corrected chi connectivity index (χ3v) is 6.24. The number of carbonyl (C=O) groups is 1. The number of thiazole rings is 1. The van der Waals surface area contributed by atoms with Gasteiger partial charge in [0.2, 0.25) is 0 Å². The number of amides is 1. The molecule has 0 saturated carbocycles. The number of piperidine rings is 1. The normalized spacial score (nSPS) is 17.7. The van der Waals surface area contributed by atoms with Gasteiger partial charge in [0.05, 0.1) is 15.2 Å². The van der Waals surface area contributed by atoms with Crippen LogP contribution in [0.1, 0.15) is 28.9 Å². The molecule has 6 nitrogen and oxygen atoms in total. The quantitative estimate of drug-likeness (QED) is 0.745. The fraction of sp³-hybridized carbons (Fsp3) is 0.389. The van der Waals surface area contributed by atoms with Gasteiger partial charge in [-0.2, -0.15) is 5.10 Å². The first-order valence-corrected chi connectivity index (χ1v) is 9.82. The summed E-state index contributed by atoms with van der Waals surface area (Å²) in [5.41, 5.74) is 2.55. The second-order valence-electron chi connectivity index (χ2n) is 6.67. The second-order valence-corrected chi connectivity index (χ2v) is 8.06. The van der Waals surface area contributed by atoms with Crippen molar-refractivity contribution < 1.29 is 4.79 Å². The van der Waals surface area contributed by atoms with Crippen LogP contribution < -0.4 is 10.2 Å². The largest absolute Gasteiger partial charge is 0.346 e. The van der Waals surface area contributed by atoms with E-state index in [1.165, 1.54) is 0 Å². The summed E-state index contributed by atoms with van der Waals surface area (Å²) >= 11 is 7.95. The van der Waals surface area contributed by atoms with E-state index < -0.39 is 0 Å². The Hall–Kier alpha value is -2.12. The van der Waals surface area contributed by atoms with E-state index in [1.54, 1.807) is 35.3 Å². The van der Waals surface area contributed by atoms with Crippen molar-refractivity contribution in [3.05, 3.63) is 40.7 Å². The summed E-state index contributed by atoms with van der Waals surface area (Å²) < 4.78 is 2.66. The number of hydrogen-bond donors (Lipinski definition) is 1. The molecule has 0 radical (unpaired) electrons. The van der Waals surface area contributed by atoms with Gasteiger partial charge in [-0.1, -0.05) is 29.0 Å². The summed E-state index contributed by atoms with van der Waals surface area (Å²) in [5, 5.41) is 8.97. The summed E-state index contributed by atoms with van der Waals surface area (Å²) in [4.78, 5) is 19.4. The summed E-state index contributed by atoms with van der Waals surface area (Å²) in [6.07, 6.45) is 3.74. The number of hydrogen-bond acceptors (Lipinski definition) is 5. The standard InChI is InChI=1S/C18H20ClN5OS/c1-11-5-6-13(19)16-15(11)21-18(26-16)24-8-3-4-12(10-24)20-17(25)14-7-9-23(2)22-14/h5-7,9,12H,3-4,8,10H2,1-2H3,(H,20,25). The van der Waals surface area contributed by atoms with Crippen molar-refractivity contribution in [1.82, 2.24) is 20.1 Å². The fourth-order valence-electron chi connectivity index (χ4n) is 3.29. The molecule has 1 amide bonds. The number of fused-ring (bicyclic) bond motifs is 1. The van der Waals surface area contributed by atoms with Crippen molar-refractivity contribution in [2.45, 2.75) is 25.8 Å². The van der Waals surface area contributed by atoms with E-state index in [2.05, 4.69) is 15.3 Å². The lowest BCUT2D eigenvalue weighted by atomic mass is 10.1. The number of nitrogens with zero attached hydrogens (tertiary/aromatic N) is 4. The topological polar surface area (TPSA) is 63.1 Å². The summed E-state index contributed by atoms with van der Waals surface area (Å²) in [6.45, 7) is 3.73. The van der Waals surface area contributed by atoms with Crippen LogP contribution in [-0.4, -0.2) is 39.8 Å². The summed E-state index contributed by atoms with van der Waals surface area (Å²) in [5.74, 6) is -0.124. The maximum Gasteiger partial charge on any atom is 0.272 e. The van der Waals surface area contributed by atoms with Crippen LogP contribution in [0, 0.1) is 6.92 Å². The highest BCUT2D eigenvalue weighted by Crippen LogP contribution is 2.36. The van der Waals surface area contributed by atoms with Gasteiger partial charge in [-0.15, -0.1) is 0 Å². The Balaban J connectivity index is 1.51. The van der Waals surface area contributed by atoms with E-state index in [-0.39, 0.29) is 11.9 Å². The predicted octanol–water partition coefficient (Wildman–Crippen LogP) is 3.39. The van der Waals surface area contributed by atoms with Crippen molar-refractivity contribution in [3.8, 4) is 0 Å². The highest BCUT2D eigenvalue weighted by molar-refractivity contribution is 7.22. The van der Waals surface area contributed by atoms with Crippen LogP contribution in [0.4, 0.5) is 5.13 Å². The molecular formula is C18H20ClN5OS. The van der Waals surface area contributed by atoms with Gasteiger partial charge in [-0.25, -0.2) is 4.98 Å². The fourth-order valence-corrected chi connectivity index (χ4v) is 4.64. The van der Waals surface area contributed by atoms with Crippen molar-refractivity contribution in [2.24, 2.45) is 7.05 Å². The zero-order chi connectivity index (χ0) is 18.3.